The summed E-state index contributed by atoms with van der Waals surface area (Å²) in [6.45, 7) is 0.484. The second kappa shape index (κ2) is 4.10. The Hall–Kier alpha value is -1.88. The lowest BCUT2D eigenvalue weighted by Crippen LogP contribution is -2.29. The molecule has 0 N–H and O–H groups in total. The Labute approximate surface area is 106 Å². The number of nitrogens with zero attached hydrogens (tertiary/aromatic N) is 2. The molecule has 1 aliphatic rings. The summed E-state index contributed by atoms with van der Waals surface area (Å²) < 4.78 is 26.4. The zero-order chi connectivity index (χ0) is 12.6. The maximum absolute atomic E-state index is 12.5. The molecular weight excluding hydrogens is 248 g/mol. The molecule has 4 nitrogen and oxygen atoms in total. The molecule has 0 aliphatic carbocycles. The van der Waals surface area contributed by atoms with Crippen molar-refractivity contribution in [1.82, 2.24) is 4.98 Å². The monoisotopic (exact) mass is 260 g/mol. The standard InChI is InChI=1S/C13H12N2O2S/c16-18(17,12-4-2-1-3-5-12)15-9-7-11-6-8-14-10-13(11)15/h1-6,8,10H,7,9H2. The molecule has 0 saturated heterocycles. The van der Waals surface area contributed by atoms with Crippen molar-refractivity contribution in [2.24, 2.45) is 0 Å². The lowest BCUT2D eigenvalue weighted by atomic mass is 10.2. The molecule has 1 aliphatic heterocycles. The minimum absolute atomic E-state index is 0.321. The van der Waals surface area contributed by atoms with Crippen molar-refractivity contribution < 1.29 is 8.42 Å². The van der Waals surface area contributed by atoms with Crippen molar-refractivity contribution >= 4 is 15.7 Å². The van der Waals surface area contributed by atoms with Crippen molar-refractivity contribution in [3.63, 3.8) is 0 Å². The van der Waals surface area contributed by atoms with Crippen LogP contribution < -0.4 is 4.31 Å². The molecule has 0 radical (unpaired) electrons. The van der Waals surface area contributed by atoms with Gasteiger partial charge in [-0.1, -0.05) is 18.2 Å². The van der Waals surface area contributed by atoms with E-state index in [1.54, 1.807) is 42.7 Å². The third-order valence-electron chi connectivity index (χ3n) is 3.07. The van der Waals surface area contributed by atoms with Crippen LogP contribution >= 0.6 is 0 Å². The van der Waals surface area contributed by atoms with E-state index >= 15 is 0 Å². The first-order valence-electron chi connectivity index (χ1n) is 5.70. The SMILES string of the molecule is O=S(=O)(c1ccccc1)N1CCc2ccncc21. The van der Waals surface area contributed by atoms with E-state index in [1.165, 1.54) is 4.31 Å². The van der Waals surface area contributed by atoms with Crippen LogP contribution in [0.3, 0.4) is 0 Å². The highest BCUT2D eigenvalue weighted by Gasteiger charge is 2.30. The number of hydrogen-bond acceptors (Lipinski definition) is 3. The van der Waals surface area contributed by atoms with Gasteiger partial charge in [-0.05, 0) is 30.2 Å². The maximum Gasteiger partial charge on any atom is 0.264 e. The van der Waals surface area contributed by atoms with Crippen LogP contribution in [0.4, 0.5) is 5.69 Å². The molecule has 5 heteroatoms. The second-order valence-corrected chi connectivity index (χ2v) is 6.01. The molecule has 92 valence electrons. The fourth-order valence-electron chi connectivity index (χ4n) is 2.16. The van der Waals surface area contributed by atoms with Gasteiger partial charge in [0.25, 0.3) is 10.0 Å². The number of pyridine rings is 1. The fourth-order valence-corrected chi connectivity index (χ4v) is 3.67. The van der Waals surface area contributed by atoms with Gasteiger partial charge in [0.05, 0.1) is 16.8 Å². The van der Waals surface area contributed by atoms with E-state index in [-0.39, 0.29) is 0 Å². The maximum atomic E-state index is 12.5. The first kappa shape index (κ1) is 11.2. The molecular formula is C13H12N2O2S. The summed E-state index contributed by atoms with van der Waals surface area (Å²) in [5.74, 6) is 0. The van der Waals surface area contributed by atoms with Gasteiger partial charge in [0.1, 0.15) is 0 Å². The fraction of sp³-hybridized carbons (Fsp3) is 0.154. The summed E-state index contributed by atoms with van der Waals surface area (Å²) in [7, 11) is -3.46. The van der Waals surface area contributed by atoms with Crippen LogP contribution in [-0.4, -0.2) is 19.9 Å². The average Bonchev–Trinajstić information content (AvgIpc) is 2.84. The third kappa shape index (κ3) is 1.67. The van der Waals surface area contributed by atoms with Crippen LogP contribution in [0.15, 0.2) is 53.7 Å². The van der Waals surface area contributed by atoms with Crippen molar-refractivity contribution in [2.45, 2.75) is 11.3 Å². The highest BCUT2D eigenvalue weighted by molar-refractivity contribution is 7.92. The number of hydrogen-bond donors (Lipinski definition) is 0. The van der Waals surface area contributed by atoms with Crippen LogP contribution in [0.5, 0.6) is 0 Å². The first-order valence-corrected chi connectivity index (χ1v) is 7.14. The summed E-state index contributed by atoms with van der Waals surface area (Å²) in [6.07, 6.45) is 4.05. The molecule has 2 heterocycles. The summed E-state index contributed by atoms with van der Waals surface area (Å²) in [6, 6.07) is 10.4. The quantitative estimate of drug-likeness (QED) is 0.827. The molecule has 0 atom stereocenters. The molecule has 0 amide bonds. The van der Waals surface area contributed by atoms with E-state index in [1.807, 2.05) is 6.07 Å². The van der Waals surface area contributed by atoms with E-state index in [9.17, 15) is 8.42 Å². The van der Waals surface area contributed by atoms with Gasteiger partial charge >= 0.3 is 0 Å². The normalized spacial score (nSPS) is 14.6. The molecule has 3 rings (SSSR count). The van der Waals surface area contributed by atoms with Gasteiger partial charge in [-0.3, -0.25) is 9.29 Å². The minimum Gasteiger partial charge on any atom is -0.264 e. The van der Waals surface area contributed by atoms with E-state index < -0.39 is 10.0 Å². The van der Waals surface area contributed by atoms with Gasteiger partial charge in [-0.25, -0.2) is 8.42 Å². The highest BCUT2D eigenvalue weighted by atomic mass is 32.2. The summed E-state index contributed by atoms with van der Waals surface area (Å²) >= 11 is 0. The highest BCUT2D eigenvalue weighted by Crippen LogP contribution is 2.31. The van der Waals surface area contributed by atoms with Gasteiger partial charge in [0.2, 0.25) is 0 Å². The van der Waals surface area contributed by atoms with Crippen LogP contribution in [0.2, 0.25) is 0 Å². The van der Waals surface area contributed by atoms with E-state index in [2.05, 4.69) is 4.98 Å². The molecule has 1 aromatic carbocycles. The Bertz CT molecular complexity index is 668. The Balaban J connectivity index is 2.08. The molecule has 0 fully saturated rings. The zero-order valence-electron chi connectivity index (χ0n) is 9.65. The molecule has 2 aromatic rings. The lowest BCUT2D eigenvalue weighted by molar-refractivity contribution is 0.592. The smallest absolute Gasteiger partial charge is 0.264 e. The van der Waals surface area contributed by atoms with Crippen LogP contribution in [0, 0.1) is 0 Å². The predicted molar refractivity (Wildman–Crippen MR) is 68.9 cm³/mol. The van der Waals surface area contributed by atoms with Gasteiger partial charge in [-0.15, -0.1) is 0 Å². The van der Waals surface area contributed by atoms with Gasteiger partial charge in [-0.2, -0.15) is 0 Å². The van der Waals surface area contributed by atoms with E-state index in [0.717, 1.165) is 12.0 Å². The summed E-state index contributed by atoms with van der Waals surface area (Å²) in [5.41, 5.74) is 1.73. The van der Waals surface area contributed by atoms with Gasteiger partial charge < -0.3 is 0 Å². The predicted octanol–water partition coefficient (Wildman–Crippen LogP) is 1.83. The number of aromatic nitrogens is 1. The Kier molecular flexibility index (Phi) is 2.56. The number of benzene rings is 1. The van der Waals surface area contributed by atoms with Crippen molar-refractivity contribution in [1.29, 1.82) is 0 Å². The number of fused-ring (bicyclic) bond motifs is 1. The molecule has 0 saturated carbocycles. The Morgan fingerprint density at radius 2 is 1.89 bits per heavy atom. The van der Waals surface area contributed by atoms with Crippen LogP contribution in [0.1, 0.15) is 5.56 Å². The molecule has 0 unspecified atom stereocenters. The zero-order valence-corrected chi connectivity index (χ0v) is 10.5. The molecule has 0 spiro atoms. The van der Waals surface area contributed by atoms with Crippen molar-refractivity contribution in [2.75, 3.05) is 10.8 Å². The largest absolute Gasteiger partial charge is 0.264 e. The molecule has 1 aromatic heterocycles. The Morgan fingerprint density at radius 1 is 1.11 bits per heavy atom. The number of rotatable bonds is 2. The Morgan fingerprint density at radius 3 is 2.67 bits per heavy atom. The van der Waals surface area contributed by atoms with Gasteiger partial charge in [0.15, 0.2) is 0 Å². The summed E-state index contributed by atoms with van der Waals surface area (Å²) in [5, 5.41) is 0. The van der Waals surface area contributed by atoms with Gasteiger partial charge in [0, 0.05) is 12.7 Å². The third-order valence-corrected chi connectivity index (χ3v) is 4.90. The van der Waals surface area contributed by atoms with Crippen LogP contribution in [0.25, 0.3) is 0 Å². The number of anilines is 1. The lowest BCUT2D eigenvalue weighted by Gasteiger charge is -2.18. The van der Waals surface area contributed by atoms with Crippen molar-refractivity contribution in [3.8, 4) is 0 Å². The summed E-state index contributed by atoms with van der Waals surface area (Å²) in [4.78, 5) is 4.33. The molecule has 18 heavy (non-hydrogen) atoms. The minimum atomic E-state index is -3.46. The second-order valence-electron chi connectivity index (χ2n) is 4.14. The number of sulfonamides is 1. The topological polar surface area (TPSA) is 50.3 Å². The van der Waals surface area contributed by atoms with Crippen molar-refractivity contribution in [3.05, 3.63) is 54.4 Å². The molecule has 0 bridgehead atoms. The van der Waals surface area contributed by atoms with E-state index in [0.29, 0.717) is 17.1 Å². The average molecular weight is 260 g/mol. The first-order chi connectivity index (χ1) is 8.69. The van der Waals surface area contributed by atoms with Crippen LogP contribution in [-0.2, 0) is 16.4 Å². The van der Waals surface area contributed by atoms with E-state index in [4.69, 9.17) is 0 Å².